The Morgan fingerprint density at radius 1 is 1.03 bits per heavy atom. The molecule has 0 bridgehead atoms. The molecule has 1 aliphatic heterocycles. The van der Waals surface area contributed by atoms with Crippen LogP contribution in [0.25, 0.3) is 0 Å². The Labute approximate surface area is 184 Å². The van der Waals surface area contributed by atoms with Crippen molar-refractivity contribution in [2.45, 2.75) is 82.6 Å². The fraction of sp³-hybridized carbons (Fsp3) is 0.857. The van der Waals surface area contributed by atoms with Crippen LogP contribution < -0.4 is 27.4 Å². The lowest BCUT2D eigenvalue weighted by molar-refractivity contribution is -0.669. The molecule has 1 saturated heterocycles. The number of carbonyl (C=O) groups is 3. The molecule has 0 aromatic rings. The van der Waals surface area contributed by atoms with Gasteiger partial charge in [0, 0.05) is 19.5 Å². The van der Waals surface area contributed by atoms with Gasteiger partial charge in [-0.05, 0) is 38.1 Å². The summed E-state index contributed by atoms with van der Waals surface area (Å²) in [5.41, 5.74) is 10.9. The van der Waals surface area contributed by atoms with Crippen molar-refractivity contribution in [3.63, 3.8) is 0 Å². The van der Waals surface area contributed by atoms with E-state index >= 15 is 0 Å². The maximum Gasteiger partial charge on any atom is 0.359 e. The monoisotopic (exact) mass is 441 g/mol. The molecule has 1 heterocycles. The molecule has 2 aliphatic rings. The van der Waals surface area contributed by atoms with Gasteiger partial charge in [-0.25, -0.2) is 4.79 Å². The summed E-state index contributed by atoms with van der Waals surface area (Å²) in [6.07, 6.45) is 8.95. The molecule has 0 unspecified atom stereocenters. The predicted octanol–water partition coefficient (Wildman–Crippen LogP) is -1.35. The Balaban J connectivity index is 1.96. The van der Waals surface area contributed by atoms with E-state index in [1.165, 1.54) is 19.3 Å². The lowest BCUT2D eigenvalue weighted by Gasteiger charge is -2.37. The molecule has 10 nitrogen and oxygen atoms in total. The average Bonchev–Trinajstić information content (AvgIpc) is 2.76. The summed E-state index contributed by atoms with van der Waals surface area (Å²) in [7, 11) is 0. The number of nitrogens with zero attached hydrogens (tertiary/aromatic N) is 1. The number of likely N-dealkylation sites (tertiary alicyclic amines) is 1. The Kier molecular flexibility index (Phi) is 11.2. The second-order valence-corrected chi connectivity index (χ2v) is 8.85. The van der Waals surface area contributed by atoms with Gasteiger partial charge in [0.15, 0.2) is 12.6 Å². The van der Waals surface area contributed by atoms with Gasteiger partial charge in [0.05, 0.1) is 0 Å². The van der Waals surface area contributed by atoms with E-state index in [1.807, 2.05) is 0 Å². The molecule has 0 spiro atoms. The molecule has 0 radical (unpaired) electrons. The summed E-state index contributed by atoms with van der Waals surface area (Å²) < 4.78 is 0. The summed E-state index contributed by atoms with van der Waals surface area (Å²) in [6.45, 7) is 1.49. The van der Waals surface area contributed by atoms with Crippen LogP contribution in [0.15, 0.2) is 0 Å². The number of amides is 2. The van der Waals surface area contributed by atoms with E-state index in [-0.39, 0.29) is 18.4 Å². The van der Waals surface area contributed by atoms with Crippen molar-refractivity contribution in [2.75, 3.05) is 26.2 Å². The van der Waals surface area contributed by atoms with E-state index in [9.17, 15) is 14.4 Å². The van der Waals surface area contributed by atoms with Crippen molar-refractivity contribution in [3.05, 3.63) is 0 Å². The molecule has 2 atom stereocenters. The van der Waals surface area contributed by atoms with Crippen LogP contribution in [0.3, 0.4) is 0 Å². The van der Waals surface area contributed by atoms with Crippen LogP contribution in [-0.4, -0.2) is 72.3 Å². The van der Waals surface area contributed by atoms with Crippen LogP contribution in [0.5, 0.6) is 0 Å². The summed E-state index contributed by atoms with van der Waals surface area (Å²) in [5.74, 6) is -0.714. The van der Waals surface area contributed by atoms with Gasteiger partial charge < -0.3 is 32.1 Å². The van der Waals surface area contributed by atoms with E-state index in [4.69, 9.17) is 16.6 Å². The zero-order valence-electron chi connectivity index (χ0n) is 18.6. The first-order valence-corrected chi connectivity index (χ1v) is 11.8. The second kappa shape index (κ2) is 13.6. The van der Waals surface area contributed by atoms with E-state index in [1.54, 1.807) is 10.2 Å². The van der Waals surface area contributed by atoms with E-state index in [0.29, 0.717) is 44.8 Å². The van der Waals surface area contributed by atoms with Crippen LogP contribution in [-0.2, 0) is 14.4 Å². The zero-order chi connectivity index (χ0) is 22.6. The highest BCUT2D eigenvalue weighted by Gasteiger charge is 2.38. The smallest absolute Gasteiger partial charge is 0.359 e. The van der Waals surface area contributed by atoms with Crippen LogP contribution in [0.1, 0.15) is 64.2 Å². The third-order valence-electron chi connectivity index (χ3n) is 6.33. The molecule has 2 amide bonds. The number of nitrogens with one attached hydrogen (secondary N) is 2. The molecular weight excluding hydrogens is 400 g/mol. The first-order chi connectivity index (χ1) is 14.9. The number of carboxylic acid groups (broad SMARTS) is 1. The van der Waals surface area contributed by atoms with Gasteiger partial charge in [-0.15, -0.1) is 0 Å². The minimum atomic E-state index is -0.930. The Hall–Kier alpha value is -1.75. The van der Waals surface area contributed by atoms with Gasteiger partial charge in [-0.3, -0.25) is 14.9 Å². The van der Waals surface area contributed by atoms with Crippen LogP contribution in [0.4, 0.5) is 0 Å². The number of quaternary nitrogens is 1. The Morgan fingerprint density at radius 2 is 1.74 bits per heavy atom. The van der Waals surface area contributed by atoms with Gasteiger partial charge in [0.25, 0.3) is 5.91 Å². The Bertz CT molecular complexity index is 582. The molecule has 10 heteroatoms. The lowest BCUT2D eigenvalue weighted by atomic mass is 9.84. The summed E-state index contributed by atoms with van der Waals surface area (Å²) in [6, 6.07) is -0.930. The molecule has 2 fully saturated rings. The van der Waals surface area contributed by atoms with Crippen LogP contribution >= 0.6 is 0 Å². The molecule has 2 rings (SSSR count). The highest BCUT2D eigenvalue weighted by Crippen LogP contribution is 2.28. The van der Waals surface area contributed by atoms with Crippen LogP contribution in [0.2, 0.25) is 0 Å². The van der Waals surface area contributed by atoms with Gasteiger partial charge in [0.1, 0.15) is 12.3 Å². The average molecular weight is 442 g/mol. The van der Waals surface area contributed by atoms with Crippen molar-refractivity contribution >= 4 is 17.8 Å². The van der Waals surface area contributed by atoms with Crippen molar-refractivity contribution in [1.29, 1.82) is 0 Å². The number of carbonyl (C=O) groups excluding carboxylic acids is 2. The van der Waals surface area contributed by atoms with Gasteiger partial charge in [-0.1, -0.05) is 32.1 Å². The zero-order valence-corrected chi connectivity index (χ0v) is 18.6. The Morgan fingerprint density at radius 3 is 2.42 bits per heavy atom. The molecule has 178 valence electrons. The maximum absolute atomic E-state index is 13.4. The normalized spacial score (nSPS) is 21.1. The molecule has 0 aromatic heterocycles. The minimum absolute atomic E-state index is 0.0950. The molecule has 9 N–H and O–H groups in total. The fourth-order valence-electron chi connectivity index (χ4n) is 4.69. The van der Waals surface area contributed by atoms with E-state index in [2.05, 4.69) is 10.6 Å². The molecule has 0 aromatic carbocycles. The number of piperidine rings is 1. The summed E-state index contributed by atoms with van der Waals surface area (Å²) in [5, 5.41) is 16.6. The third-order valence-corrected chi connectivity index (χ3v) is 6.33. The van der Waals surface area contributed by atoms with E-state index < -0.39 is 24.3 Å². The number of carboxylic acids is 1. The van der Waals surface area contributed by atoms with E-state index in [0.717, 1.165) is 25.7 Å². The van der Waals surface area contributed by atoms with Gasteiger partial charge in [-0.2, -0.15) is 0 Å². The lowest BCUT2D eigenvalue weighted by Crippen LogP contribution is -2.94. The highest BCUT2D eigenvalue weighted by molar-refractivity contribution is 5.89. The van der Waals surface area contributed by atoms with Gasteiger partial charge >= 0.3 is 5.97 Å². The van der Waals surface area contributed by atoms with Gasteiger partial charge in [0.2, 0.25) is 5.91 Å². The highest BCUT2D eigenvalue weighted by atomic mass is 16.4. The minimum Gasteiger partial charge on any atom is -0.477 e. The van der Waals surface area contributed by atoms with Crippen LogP contribution in [0, 0.1) is 5.92 Å². The molecule has 1 aliphatic carbocycles. The molecule has 31 heavy (non-hydrogen) atoms. The fourth-order valence-corrected chi connectivity index (χ4v) is 4.69. The number of hydrogen-bond donors (Lipinski definition) is 6. The largest absolute Gasteiger partial charge is 0.477 e. The van der Waals surface area contributed by atoms with Crippen molar-refractivity contribution < 1.29 is 24.8 Å². The molecular formula is C21H41N6O4+. The SMILES string of the molecule is NC(N)NCCCNC(=O)[C@@H]1CCCCN1C(=O)[C@@H](CC1CCCCC1)[NH2+]CC(=O)O. The number of hydrogen-bond acceptors (Lipinski definition) is 6. The number of aliphatic carboxylic acids is 1. The first-order valence-electron chi connectivity index (χ1n) is 11.8. The first kappa shape index (κ1) is 25.5. The second-order valence-electron chi connectivity index (χ2n) is 8.85. The summed E-state index contributed by atoms with van der Waals surface area (Å²) in [4.78, 5) is 39.1. The predicted molar refractivity (Wildman–Crippen MR) is 117 cm³/mol. The number of nitrogens with two attached hydrogens (primary N) is 3. The quantitative estimate of drug-likeness (QED) is 0.161. The standard InChI is InChI=1S/C21H40N6O4/c22-21(23)25-11-6-10-24-19(30)17-9-4-5-12-27(17)20(31)16(26-14-18(28)29)13-15-7-2-1-3-8-15/h15-17,21,25-26H,1-14,22-23H2,(H,24,30)(H,28,29)/p+1/t16-,17+/m1/s1. The summed E-state index contributed by atoms with van der Waals surface area (Å²) >= 11 is 0. The molecule has 1 saturated carbocycles. The van der Waals surface area contributed by atoms with Crippen molar-refractivity contribution in [1.82, 2.24) is 15.5 Å². The maximum atomic E-state index is 13.4. The van der Waals surface area contributed by atoms with Crippen molar-refractivity contribution in [3.8, 4) is 0 Å². The topological polar surface area (TPSA) is 167 Å². The third kappa shape index (κ3) is 9.10. The number of rotatable bonds is 12. The van der Waals surface area contributed by atoms with Crippen molar-refractivity contribution in [2.24, 2.45) is 17.4 Å².